The van der Waals surface area contributed by atoms with Crippen LogP contribution >= 0.6 is 23.2 Å². The van der Waals surface area contributed by atoms with E-state index >= 15 is 0 Å². The van der Waals surface area contributed by atoms with Gasteiger partial charge in [-0.3, -0.25) is 9.59 Å². The van der Waals surface area contributed by atoms with Gasteiger partial charge in [-0.05, 0) is 17.7 Å². The first-order chi connectivity index (χ1) is 6.11. The van der Waals surface area contributed by atoms with Crippen molar-refractivity contribution in [2.24, 2.45) is 0 Å². The van der Waals surface area contributed by atoms with Crippen LogP contribution in [0.1, 0.15) is 15.9 Å². The highest BCUT2D eigenvalue weighted by molar-refractivity contribution is 6.52. The Morgan fingerprint density at radius 2 is 1.69 bits per heavy atom. The normalized spacial score (nSPS) is 14.9. The molecule has 0 spiro atoms. The summed E-state index contributed by atoms with van der Waals surface area (Å²) >= 11 is 11.6. The first-order valence-electron chi connectivity index (χ1n) is 3.65. The van der Waals surface area contributed by atoms with E-state index in [1.165, 1.54) is 6.07 Å². The zero-order valence-corrected chi connectivity index (χ0v) is 7.95. The lowest BCUT2D eigenvalue weighted by atomic mass is 10.1. The number of ketones is 2. The van der Waals surface area contributed by atoms with Gasteiger partial charge in [0.15, 0.2) is 0 Å². The molecule has 1 aromatic rings. The second kappa shape index (κ2) is 2.82. The average Bonchev–Trinajstić information content (AvgIpc) is 2.38. The maximum atomic E-state index is 11.3. The molecule has 1 aromatic carbocycles. The minimum Gasteiger partial charge on any atom is -0.290 e. The van der Waals surface area contributed by atoms with Crippen LogP contribution in [0, 0.1) is 0 Å². The van der Waals surface area contributed by atoms with Crippen molar-refractivity contribution in [3.63, 3.8) is 0 Å². The van der Waals surface area contributed by atoms with Crippen molar-refractivity contribution in [1.82, 2.24) is 0 Å². The Morgan fingerprint density at radius 1 is 1.08 bits per heavy atom. The van der Waals surface area contributed by atoms with Crippen LogP contribution in [0.3, 0.4) is 0 Å². The van der Waals surface area contributed by atoms with Gasteiger partial charge >= 0.3 is 0 Å². The number of carbonyl (C=O) groups excluding carboxylic acids is 2. The fraction of sp³-hybridized carbons (Fsp3) is 0.111. The van der Waals surface area contributed by atoms with E-state index in [0.717, 1.165) is 0 Å². The molecule has 66 valence electrons. The highest BCUT2D eigenvalue weighted by Crippen LogP contribution is 2.32. The van der Waals surface area contributed by atoms with E-state index in [2.05, 4.69) is 0 Å². The molecule has 0 unspecified atom stereocenters. The zero-order chi connectivity index (χ0) is 9.59. The van der Waals surface area contributed by atoms with Gasteiger partial charge in [0.2, 0.25) is 11.6 Å². The quantitative estimate of drug-likeness (QED) is 0.622. The standard InChI is InChI=1S/C9H4Cl2O2/c10-5-1-2-6(11)8-4(5)3-7(12)9(8)13/h1-2H,3H2. The number of benzene rings is 1. The van der Waals surface area contributed by atoms with E-state index in [0.29, 0.717) is 15.6 Å². The fourth-order valence-electron chi connectivity index (χ4n) is 1.39. The number of Topliss-reactive ketones (excluding diaryl/α,β-unsaturated/α-hetero) is 2. The van der Waals surface area contributed by atoms with Crippen LogP contribution in [0.15, 0.2) is 12.1 Å². The van der Waals surface area contributed by atoms with Crippen molar-refractivity contribution >= 4 is 34.8 Å². The predicted molar refractivity (Wildman–Crippen MR) is 49.5 cm³/mol. The lowest BCUT2D eigenvalue weighted by Crippen LogP contribution is -2.06. The molecule has 0 aliphatic heterocycles. The van der Waals surface area contributed by atoms with Gasteiger partial charge in [-0.1, -0.05) is 23.2 Å². The molecule has 0 atom stereocenters. The van der Waals surface area contributed by atoms with Crippen LogP contribution in [0.2, 0.25) is 10.0 Å². The van der Waals surface area contributed by atoms with Crippen molar-refractivity contribution in [3.05, 3.63) is 33.3 Å². The summed E-state index contributed by atoms with van der Waals surface area (Å²) in [6.45, 7) is 0. The topological polar surface area (TPSA) is 34.1 Å². The largest absolute Gasteiger partial charge is 0.290 e. The number of hydrogen-bond acceptors (Lipinski definition) is 2. The van der Waals surface area contributed by atoms with E-state index in [4.69, 9.17) is 23.2 Å². The molecule has 0 fully saturated rings. The summed E-state index contributed by atoms with van der Waals surface area (Å²) in [4.78, 5) is 22.3. The highest BCUT2D eigenvalue weighted by atomic mass is 35.5. The van der Waals surface area contributed by atoms with Crippen molar-refractivity contribution in [1.29, 1.82) is 0 Å². The number of carbonyl (C=O) groups is 2. The molecule has 0 aromatic heterocycles. The van der Waals surface area contributed by atoms with Gasteiger partial charge in [0.05, 0.1) is 5.02 Å². The second-order valence-electron chi connectivity index (χ2n) is 2.81. The molecule has 0 saturated carbocycles. The highest BCUT2D eigenvalue weighted by Gasteiger charge is 2.31. The van der Waals surface area contributed by atoms with E-state index < -0.39 is 11.6 Å². The van der Waals surface area contributed by atoms with Crippen LogP contribution < -0.4 is 0 Å². The molecule has 0 bridgehead atoms. The summed E-state index contributed by atoms with van der Waals surface area (Å²) < 4.78 is 0. The van der Waals surface area contributed by atoms with Crippen LogP contribution in [-0.4, -0.2) is 11.6 Å². The summed E-state index contributed by atoms with van der Waals surface area (Å²) in [6.07, 6.45) is 0.0769. The molecule has 0 radical (unpaired) electrons. The molecule has 0 amide bonds. The maximum absolute atomic E-state index is 11.3. The lowest BCUT2D eigenvalue weighted by molar-refractivity contribution is -0.114. The van der Waals surface area contributed by atoms with Crippen molar-refractivity contribution in [2.45, 2.75) is 6.42 Å². The van der Waals surface area contributed by atoms with Crippen LogP contribution in [-0.2, 0) is 11.2 Å². The van der Waals surface area contributed by atoms with E-state index in [9.17, 15) is 9.59 Å². The van der Waals surface area contributed by atoms with Crippen LogP contribution in [0.5, 0.6) is 0 Å². The van der Waals surface area contributed by atoms with Crippen LogP contribution in [0.25, 0.3) is 0 Å². The Kier molecular flexibility index (Phi) is 1.90. The third-order valence-corrected chi connectivity index (χ3v) is 2.69. The third-order valence-electron chi connectivity index (χ3n) is 2.02. The molecule has 2 rings (SSSR count). The summed E-state index contributed by atoms with van der Waals surface area (Å²) in [5.74, 6) is -0.965. The Morgan fingerprint density at radius 3 is 2.31 bits per heavy atom. The van der Waals surface area contributed by atoms with Crippen molar-refractivity contribution < 1.29 is 9.59 Å². The minimum absolute atomic E-state index is 0.0769. The van der Waals surface area contributed by atoms with Crippen LogP contribution in [0.4, 0.5) is 0 Å². The van der Waals surface area contributed by atoms with E-state index in [1.807, 2.05) is 0 Å². The number of hydrogen-bond donors (Lipinski definition) is 0. The average molecular weight is 215 g/mol. The van der Waals surface area contributed by atoms with E-state index in [-0.39, 0.29) is 12.0 Å². The molecule has 2 nitrogen and oxygen atoms in total. The Bertz CT molecular complexity index is 424. The summed E-state index contributed by atoms with van der Waals surface area (Å²) in [6, 6.07) is 3.12. The molecule has 4 heteroatoms. The molecule has 1 aliphatic rings. The molecular formula is C9H4Cl2O2. The summed E-state index contributed by atoms with van der Waals surface area (Å²) in [5, 5.41) is 0.730. The van der Waals surface area contributed by atoms with Gasteiger partial charge in [0.1, 0.15) is 0 Å². The lowest BCUT2D eigenvalue weighted by Gasteiger charge is -2.00. The number of rotatable bonds is 0. The Hall–Kier alpha value is -0.860. The summed E-state index contributed by atoms with van der Waals surface area (Å²) in [5.41, 5.74) is 0.836. The van der Waals surface area contributed by atoms with Crippen molar-refractivity contribution in [2.75, 3.05) is 0 Å². The number of fused-ring (bicyclic) bond motifs is 1. The first-order valence-corrected chi connectivity index (χ1v) is 4.41. The van der Waals surface area contributed by atoms with Gasteiger partial charge in [0, 0.05) is 17.0 Å². The number of halogens is 2. The monoisotopic (exact) mass is 214 g/mol. The fourth-order valence-corrected chi connectivity index (χ4v) is 1.88. The third kappa shape index (κ3) is 1.18. The Balaban J connectivity index is 2.75. The molecular weight excluding hydrogens is 211 g/mol. The van der Waals surface area contributed by atoms with Gasteiger partial charge in [-0.25, -0.2) is 0 Å². The zero-order valence-electron chi connectivity index (χ0n) is 6.43. The Labute approximate surface area is 84.4 Å². The summed E-state index contributed by atoms with van der Waals surface area (Å²) in [7, 11) is 0. The van der Waals surface area contributed by atoms with Gasteiger partial charge in [-0.15, -0.1) is 0 Å². The molecule has 13 heavy (non-hydrogen) atoms. The van der Waals surface area contributed by atoms with Crippen molar-refractivity contribution in [3.8, 4) is 0 Å². The maximum Gasteiger partial charge on any atom is 0.230 e. The van der Waals surface area contributed by atoms with E-state index in [1.54, 1.807) is 6.07 Å². The second-order valence-corrected chi connectivity index (χ2v) is 3.63. The van der Waals surface area contributed by atoms with Gasteiger partial charge in [-0.2, -0.15) is 0 Å². The smallest absolute Gasteiger partial charge is 0.230 e. The molecule has 0 N–H and O–H groups in total. The molecule has 1 aliphatic carbocycles. The van der Waals surface area contributed by atoms with Gasteiger partial charge < -0.3 is 0 Å². The molecule has 0 heterocycles. The van der Waals surface area contributed by atoms with Gasteiger partial charge in [0.25, 0.3) is 0 Å². The predicted octanol–water partition coefficient (Wildman–Crippen LogP) is 2.30. The SMILES string of the molecule is O=C1Cc2c(Cl)ccc(Cl)c2C1=O. The molecule has 0 saturated heterocycles. The first kappa shape index (κ1) is 8.73. The minimum atomic E-state index is -0.525.